The molecule has 8 heteroatoms. The van der Waals surface area contributed by atoms with Gasteiger partial charge >= 0.3 is 0 Å². The number of hydrogen-bond donors (Lipinski definition) is 1. The summed E-state index contributed by atoms with van der Waals surface area (Å²) in [6.07, 6.45) is 0. The largest absolute Gasteiger partial charge is 0.490 e. The molecule has 0 radical (unpaired) electrons. The van der Waals surface area contributed by atoms with Crippen molar-refractivity contribution in [1.82, 2.24) is 0 Å². The van der Waals surface area contributed by atoms with Crippen LogP contribution in [0.5, 0.6) is 5.75 Å². The molecule has 0 unspecified atom stereocenters. The summed E-state index contributed by atoms with van der Waals surface area (Å²) in [5.74, 6) is 0.264. The fraction of sp³-hybridized carbons (Fsp3) is 0.176. The Kier molecular flexibility index (Phi) is 4.33. The number of carbonyl (C=O) groups is 1. The lowest BCUT2D eigenvalue weighted by atomic mass is 10.2. The number of hydrogen-bond acceptors (Lipinski definition) is 5. The summed E-state index contributed by atoms with van der Waals surface area (Å²) in [5, 5.41) is 9.09. The van der Waals surface area contributed by atoms with Crippen LogP contribution in [0.1, 0.15) is 12.5 Å². The molecule has 128 valence electrons. The second-order valence-corrected chi connectivity index (χ2v) is 7.09. The number of para-hydroxylation sites is 1. The summed E-state index contributed by atoms with van der Waals surface area (Å²) in [6.45, 7) is 2.13. The van der Waals surface area contributed by atoms with E-state index in [1.165, 1.54) is 42.2 Å². The average Bonchev–Trinajstić information content (AvgIpc) is 2.60. The first kappa shape index (κ1) is 16.8. The monoisotopic (exact) mass is 357 g/mol. The zero-order valence-corrected chi connectivity index (χ0v) is 14.2. The van der Waals surface area contributed by atoms with E-state index in [0.717, 1.165) is 0 Å². The third-order valence-corrected chi connectivity index (χ3v) is 5.14. The van der Waals surface area contributed by atoms with Gasteiger partial charge in [0, 0.05) is 6.92 Å². The Morgan fingerprint density at radius 2 is 2.04 bits per heavy atom. The average molecular weight is 357 g/mol. The topological polar surface area (TPSA) is 99.5 Å². The number of carbonyl (C=O) groups excluding carboxylic acids is 1. The van der Waals surface area contributed by atoms with Gasteiger partial charge in [-0.05, 0) is 30.3 Å². The maximum absolute atomic E-state index is 12.7. The Morgan fingerprint density at radius 1 is 1.28 bits per heavy atom. The van der Waals surface area contributed by atoms with Crippen LogP contribution in [0.3, 0.4) is 0 Å². The maximum atomic E-state index is 12.7. The molecule has 3 rings (SSSR count). The van der Waals surface area contributed by atoms with E-state index in [4.69, 9.17) is 10.00 Å². The highest BCUT2D eigenvalue weighted by atomic mass is 32.2. The summed E-state index contributed by atoms with van der Waals surface area (Å²) >= 11 is 0. The first-order valence-electron chi connectivity index (χ1n) is 7.49. The molecule has 0 saturated heterocycles. The first-order chi connectivity index (χ1) is 11.9. The second-order valence-electron chi connectivity index (χ2n) is 5.41. The van der Waals surface area contributed by atoms with Crippen LogP contribution >= 0.6 is 0 Å². The van der Waals surface area contributed by atoms with Gasteiger partial charge in [0.15, 0.2) is 0 Å². The molecule has 0 spiro atoms. The van der Waals surface area contributed by atoms with Crippen molar-refractivity contribution in [2.75, 3.05) is 22.8 Å². The van der Waals surface area contributed by atoms with Crippen LogP contribution in [0.15, 0.2) is 47.4 Å². The Labute approximate surface area is 145 Å². The molecule has 1 N–H and O–H groups in total. The fourth-order valence-corrected chi connectivity index (χ4v) is 3.66. The van der Waals surface area contributed by atoms with Gasteiger partial charge in [0.25, 0.3) is 10.0 Å². The number of nitrogens with zero attached hydrogens (tertiary/aromatic N) is 2. The normalized spacial score (nSPS) is 13.4. The van der Waals surface area contributed by atoms with Crippen LogP contribution in [0.25, 0.3) is 0 Å². The molecule has 0 atom stereocenters. The summed E-state index contributed by atoms with van der Waals surface area (Å²) in [4.78, 5) is 13.2. The predicted molar refractivity (Wildman–Crippen MR) is 91.9 cm³/mol. The minimum absolute atomic E-state index is 0.0178. The lowest BCUT2D eigenvalue weighted by Gasteiger charge is -2.29. The van der Waals surface area contributed by atoms with Crippen molar-refractivity contribution in [3.63, 3.8) is 0 Å². The second kappa shape index (κ2) is 6.45. The molecule has 0 aliphatic carbocycles. The Hall–Kier alpha value is -3.05. The van der Waals surface area contributed by atoms with E-state index in [-0.39, 0.29) is 22.1 Å². The van der Waals surface area contributed by atoms with Gasteiger partial charge in [0.05, 0.1) is 28.4 Å². The molecule has 1 amide bonds. The van der Waals surface area contributed by atoms with Crippen LogP contribution in [-0.4, -0.2) is 27.5 Å². The van der Waals surface area contributed by atoms with Crippen LogP contribution in [-0.2, 0) is 14.8 Å². The molecule has 0 aromatic heterocycles. The molecule has 2 aromatic carbocycles. The summed E-state index contributed by atoms with van der Waals surface area (Å²) in [6, 6.07) is 12.6. The number of ether oxygens (including phenoxy) is 1. The SMILES string of the molecule is CC(=O)N1CCOc2ccc(S(=O)(=O)Nc3ccccc3C#N)cc21. The van der Waals surface area contributed by atoms with E-state index in [0.29, 0.717) is 24.6 Å². The van der Waals surface area contributed by atoms with Crippen molar-refractivity contribution in [1.29, 1.82) is 5.26 Å². The van der Waals surface area contributed by atoms with Gasteiger partial charge < -0.3 is 9.64 Å². The number of nitrogens with one attached hydrogen (secondary N) is 1. The number of sulfonamides is 1. The highest BCUT2D eigenvalue weighted by molar-refractivity contribution is 7.92. The van der Waals surface area contributed by atoms with E-state index in [1.807, 2.05) is 6.07 Å². The first-order valence-corrected chi connectivity index (χ1v) is 8.97. The number of amides is 1. The summed E-state index contributed by atoms with van der Waals surface area (Å²) in [7, 11) is -3.92. The summed E-state index contributed by atoms with van der Waals surface area (Å²) in [5.41, 5.74) is 0.829. The number of rotatable bonds is 3. The molecule has 25 heavy (non-hydrogen) atoms. The van der Waals surface area contributed by atoms with E-state index >= 15 is 0 Å². The zero-order valence-electron chi connectivity index (χ0n) is 13.4. The van der Waals surface area contributed by atoms with Crippen LogP contribution < -0.4 is 14.4 Å². The van der Waals surface area contributed by atoms with Crippen LogP contribution in [0.4, 0.5) is 11.4 Å². The zero-order chi connectivity index (χ0) is 18.0. The Bertz CT molecular complexity index is 980. The van der Waals surface area contributed by atoms with Crippen molar-refractivity contribution < 1.29 is 17.9 Å². The Morgan fingerprint density at radius 3 is 2.76 bits per heavy atom. The molecule has 7 nitrogen and oxygen atoms in total. The lowest BCUT2D eigenvalue weighted by Crippen LogP contribution is -2.36. The molecule has 1 heterocycles. The van der Waals surface area contributed by atoms with Gasteiger partial charge in [-0.1, -0.05) is 12.1 Å². The van der Waals surface area contributed by atoms with Gasteiger partial charge in [-0.2, -0.15) is 5.26 Å². The molecule has 0 saturated carbocycles. The quantitative estimate of drug-likeness (QED) is 0.907. The van der Waals surface area contributed by atoms with Crippen molar-refractivity contribution in [2.45, 2.75) is 11.8 Å². The maximum Gasteiger partial charge on any atom is 0.262 e. The molecule has 0 bridgehead atoms. The van der Waals surface area contributed by atoms with Crippen molar-refractivity contribution in [3.8, 4) is 11.8 Å². The van der Waals surface area contributed by atoms with Crippen LogP contribution in [0.2, 0.25) is 0 Å². The van der Waals surface area contributed by atoms with Crippen molar-refractivity contribution in [2.24, 2.45) is 0 Å². The van der Waals surface area contributed by atoms with Gasteiger partial charge in [-0.15, -0.1) is 0 Å². The number of anilines is 2. The highest BCUT2D eigenvalue weighted by Gasteiger charge is 2.25. The number of nitriles is 1. The smallest absolute Gasteiger partial charge is 0.262 e. The minimum Gasteiger partial charge on any atom is -0.490 e. The third-order valence-electron chi connectivity index (χ3n) is 3.78. The van der Waals surface area contributed by atoms with Crippen LogP contribution in [0, 0.1) is 11.3 Å². The van der Waals surface area contributed by atoms with E-state index < -0.39 is 10.0 Å². The molecule has 1 aliphatic rings. The Balaban J connectivity index is 2.00. The van der Waals surface area contributed by atoms with E-state index in [2.05, 4.69) is 4.72 Å². The molecule has 2 aromatic rings. The predicted octanol–water partition coefficient (Wildman–Crippen LogP) is 2.10. The van der Waals surface area contributed by atoms with E-state index in [1.54, 1.807) is 12.1 Å². The summed E-state index contributed by atoms with van der Waals surface area (Å²) < 4.78 is 33.2. The molecule has 1 aliphatic heterocycles. The molecular formula is C17H15N3O4S. The van der Waals surface area contributed by atoms with Gasteiger partial charge in [-0.25, -0.2) is 8.42 Å². The highest BCUT2D eigenvalue weighted by Crippen LogP contribution is 2.34. The minimum atomic E-state index is -3.92. The molecule has 0 fully saturated rings. The molecular weight excluding hydrogens is 342 g/mol. The van der Waals surface area contributed by atoms with E-state index in [9.17, 15) is 13.2 Å². The third kappa shape index (κ3) is 3.27. The fourth-order valence-electron chi connectivity index (χ4n) is 2.57. The van der Waals surface area contributed by atoms with Gasteiger partial charge in [0.1, 0.15) is 18.4 Å². The number of benzene rings is 2. The standard InChI is InChI=1S/C17H15N3O4S/c1-12(21)20-8-9-24-17-7-6-14(10-16(17)20)25(22,23)19-15-5-3-2-4-13(15)11-18/h2-7,10,19H,8-9H2,1H3. The van der Waals surface area contributed by atoms with Gasteiger partial charge in [0.2, 0.25) is 5.91 Å². The van der Waals surface area contributed by atoms with Crippen molar-refractivity contribution >= 4 is 27.3 Å². The van der Waals surface area contributed by atoms with Gasteiger partial charge in [-0.3, -0.25) is 9.52 Å². The van der Waals surface area contributed by atoms with Crippen molar-refractivity contribution in [3.05, 3.63) is 48.0 Å². The number of fused-ring (bicyclic) bond motifs is 1. The lowest BCUT2D eigenvalue weighted by molar-refractivity contribution is -0.116.